The molecule has 7 heteroatoms. The second-order valence-corrected chi connectivity index (χ2v) is 7.89. The van der Waals surface area contributed by atoms with E-state index in [4.69, 9.17) is 0 Å². The number of rotatable bonds is 9. The molecule has 0 fully saturated rings. The van der Waals surface area contributed by atoms with E-state index in [0.29, 0.717) is 23.4 Å². The van der Waals surface area contributed by atoms with Gasteiger partial charge in [0, 0.05) is 17.8 Å². The zero-order valence-electron chi connectivity index (χ0n) is 17.1. The summed E-state index contributed by atoms with van der Waals surface area (Å²) in [4.78, 5) is 12.6. The minimum atomic E-state index is -0.308. The van der Waals surface area contributed by atoms with Gasteiger partial charge in [-0.15, -0.1) is 16.8 Å². The maximum atomic E-state index is 13.2. The summed E-state index contributed by atoms with van der Waals surface area (Å²) >= 11 is 1.31. The van der Waals surface area contributed by atoms with Crippen LogP contribution in [0.15, 0.2) is 66.3 Å². The van der Waals surface area contributed by atoms with Crippen LogP contribution in [0.1, 0.15) is 31.7 Å². The molecule has 1 N–H and O–H groups in total. The van der Waals surface area contributed by atoms with Crippen molar-refractivity contribution in [2.45, 2.75) is 37.9 Å². The number of halogens is 1. The van der Waals surface area contributed by atoms with Gasteiger partial charge in [0.15, 0.2) is 11.0 Å². The van der Waals surface area contributed by atoms with Crippen molar-refractivity contribution in [1.82, 2.24) is 14.8 Å². The van der Waals surface area contributed by atoms with Gasteiger partial charge in [-0.1, -0.05) is 49.9 Å². The molecule has 0 saturated heterocycles. The minimum Gasteiger partial charge on any atom is -0.325 e. The third-order valence-electron chi connectivity index (χ3n) is 4.84. The molecule has 3 aromatic rings. The molecule has 0 unspecified atom stereocenters. The Kier molecular flexibility index (Phi) is 7.41. The van der Waals surface area contributed by atoms with Crippen molar-refractivity contribution in [3.63, 3.8) is 0 Å². The van der Waals surface area contributed by atoms with Gasteiger partial charge in [0.2, 0.25) is 5.91 Å². The fourth-order valence-electron chi connectivity index (χ4n) is 3.08. The van der Waals surface area contributed by atoms with Gasteiger partial charge in [-0.25, -0.2) is 4.39 Å². The van der Waals surface area contributed by atoms with Crippen LogP contribution in [0.4, 0.5) is 10.1 Å². The minimum absolute atomic E-state index is 0.104. The van der Waals surface area contributed by atoms with Crippen LogP contribution in [-0.2, 0) is 11.3 Å². The maximum Gasteiger partial charge on any atom is 0.234 e. The van der Waals surface area contributed by atoms with Gasteiger partial charge >= 0.3 is 0 Å². The first-order chi connectivity index (χ1) is 14.5. The highest BCUT2D eigenvalue weighted by Crippen LogP contribution is 2.28. The van der Waals surface area contributed by atoms with Gasteiger partial charge in [-0.05, 0) is 48.2 Å². The lowest BCUT2D eigenvalue weighted by Gasteiger charge is -2.15. The molecule has 0 bridgehead atoms. The van der Waals surface area contributed by atoms with E-state index >= 15 is 0 Å². The number of para-hydroxylation sites is 1. The molecule has 2 aromatic carbocycles. The van der Waals surface area contributed by atoms with E-state index in [9.17, 15) is 9.18 Å². The third-order valence-corrected chi connectivity index (χ3v) is 5.81. The van der Waals surface area contributed by atoms with Crippen LogP contribution in [0.2, 0.25) is 0 Å². The normalized spacial score (nSPS) is 11.8. The first-order valence-electron chi connectivity index (χ1n) is 9.85. The van der Waals surface area contributed by atoms with Gasteiger partial charge in [-0.3, -0.25) is 9.36 Å². The molecule has 0 saturated carbocycles. The molecule has 5 nitrogen and oxygen atoms in total. The number of carbonyl (C=O) groups is 1. The number of hydrogen-bond donors (Lipinski definition) is 1. The highest BCUT2D eigenvalue weighted by molar-refractivity contribution is 7.99. The third kappa shape index (κ3) is 5.16. The molecule has 1 atom stereocenters. The van der Waals surface area contributed by atoms with Gasteiger partial charge in [0.1, 0.15) is 5.82 Å². The average molecular weight is 425 g/mol. The first-order valence-corrected chi connectivity index (χ1v) is 10.8. The Morgan fingerprint density at radius 3 is 2.67 bits per heavy atom. The van der Waals surface area contributed by atoms with Crippen LogP contribution >= 0.6 is 11.8 Å². The number of aromatic nitrogens is 3. The number of carbonyl (C=O) groups excluding carboxylic acids is 1. The summed E-state index contributed by atoms with van der Waals surface area (Å²) in [7, 11) is 0. The van der Waals surface area contributed by atoms with E-state index in [-0.39, 0.29) is 17.5 Å². The van der Waals surface area contributed by atoms with Gasteiger partial charge in [-0.2, -0.15) is 0 Å². The molecular formula is C23H25FN4OS. The summed E-state index contributed by atoms with van der Waals surface area (Å²) in [6.07, 6.45) is 2.74. The van der Waals surface area contributed by atoms with E-state index < -0.39 is 0 Å². The Bertz CT molecular complexity index is 1020. The van der Waals surface area contributed by atoms with Crippen molar-refractivity contribution >= 4 is 23.4 Å². The summed E-state index contributed by atoms with van der Waals surface area (Å²) in [5, 5.41) is 12.1. The number of thioether (sulfide) groups is 1. The predicted octanol–water partition coefficient (Wildman–Crippen LogP) is 5.51. The lowest BCUT2D eigenvalue weighted by Crippen LogP contribution is -2.16. The molecular weight excluding hydrogens is 399 g/mol. The Morgan fingerprint density at radius 1 is 1.23 bits per heavy atom. The second kappa shape index (κ2) is 10.2. The van der Waals surface area contributed by atoms with Crippen molar-refractivity contribution in [1.29, 1.82) is 0 Å². The van der Waals surface area contributed by atoms with Gasteiger partial charge < -0.3 is 5.32 Å². The molecule has 0 radical (unpaired) electrons. The molecule has 156 valence electrons. The van der Waals surface area contributed by atoms with Crippen molar-refractivity contribution in [2.75, 3.05) is 11.1 Å². The van der Waals surface area contributed by atoms with E-state index in [1.165, 1.54) is 23.9 Å². The number of allylic oxidation sites excluding steroid dienone is 1. The number of benzene rings is 2. The topological polar surface area (TPSA) is 59.8 Å². The fraction of sp³-hybridized carbons (Fsp3) is 0.261. The van der Waals surface area contributed by atoms with Crippen LogP contribution in [0.5, 0.6) is 0 Å². The zero-order chi connectivity index (χ0) is 21.5. The number of nitrogens with zero attached hydrogens (tertiary/aromatic N) is 3. The highest BCUT2D eigenvalue weighted by Gasteiger charge is 2.16. The number of nitrogens with one attached hydrogen (secondary N) is 1. The molecule has 0 aliphatic heterocycles. The van der Waals surface area contributed by atoms with Crippen LogP contribution < -0.4 is 5.32 Å². The Balaban J connectivity index is 1.72. The first kappa shape index (κ1) is 21.8. The van der Waals surface area contributed by atoms with Crippen molar-refractivity contribution in [3.05, 3.63) is 72.6 Å². The maximum absolute atomic E-state index is 13.2. The van der Waals surface area contributed by atoms with E-state index in [1.807, 2.05) is 28.8 Å². The van der Waals surface area contributed by atoms with Crippen LogP contribution in [0.25, 0.3) is 11.4 Å². The number of amides is 1. The van der Waals surface area contributed by atoms with Crippen LogP contribution in [0, 0.1) is 5.82 Å². The van der Waals surface area contributed by atoms with Crippen molar-refractivity contribution in [2.24, 2.45) is 0 Å². The summed E-state index contributed by atoms with van der Waals surface area (Å²) < 4.78 is 15.1. The summed E-state index contributed by atoms with van der Waals surface area (Å²) in [6, 6.07) is 14.0. The SMILES string of the molecule is C=CCn1c(SCC(=O)Nc2ccccc2[C@H](C)CC)nnc1-c1ccc(F)cc1. The molecule has 1 aromatic heterocycles. The molecule has 0 aliphatic carbocycles. The Hall–Kier alpha value is -2.93. The molecule has 3 rings (SSSR count). The predicted molar refractivity (Wildman–Crippen MR) is 120 cm³/mol. The average Bonchev–Trinajstić information content (AvgIpc) is 3.15. The monoisotopic (exact) mass is 424 g/mol. The highest BCUT2D eigenvalue weighted by atomic mass is 32.2. The Labute approximate surface area is 180 Å². The lowest BCUT2D eigenvalue weighted by atomic mass is 9.97. The summed E-state index contributed by atoms with van der Waals surface area (Å²) in [5.41, 5.74) is 2.73. The van der Waals surface area contributed by atoms with Gasteiger partial charge in [0.25, 0.3) is 0 Å². The summed E-state index contributed by atoms with van der Waals surface area (Å²) in [6.45, 7) is 8.55. The van der Waals surface area contributed by atoms with Crippen molar-refractivity contribution < 1.29 is 9.18 Å². The fourth-order valence-corrected chi connectivity index (χ4v) is 3.83. The number of anilines is 1. The largest absolute Gasteiger partial charge is 0.325 e. The quantitative estimate of drug-likeness (QED) is 0.363. The standard InChI is InChI=1S/C23H25FN4OS/c1-4-14-28-22(17-10-12-18(24)13-11-17)26-27-23(28)30-15-21(29)25-20-9-7-6-8-19(20)16(3)5-2/h4,6-13,16H,1,5,14-15H2,2-3H3,(H,25,29)/t16-/m1/s1. The molecule has 0 spiro atoms. The molecule has 30 heavy (non-hydrogen) atoms. The number of hydrogen-bond acceptors (Lipinski definition) is 4. The smallest absolute Gasteiger partial charge is 0.234 e. The van der Waals surface area contributed by atoms with Gasteiger partial charge in [0.05, 0.1) is 5.75 Å². The van der Waals surface area contributed by atoms with E-state index in [1.54, 1.807) is 18.2 Å². The van der Waals surface area contributed by atoms with E-state index in [2.05, 4.69) is 35.9 Å². The van der Waals surface area contributed by atoms with E-state index in [0.717, 1.165) is 23.2 Å². The van der Waals surface area contributed by atoms with Crippen LogP contribution in [-0.4, -0.2) is 26.4 Å². The molecule has 1 heterocycles. The Morgan fingerprint density at radius 2 is 1.97 bits per heavy atom. The second-order valence-electron chi connectivity index (χ2n) is 6.95. The molecule has 1 amide bonds. The zero-order valence-corrected chi connectivity index (χ0v) is 18.0. The summed E-state index contributed by atoms with van der Waals surface area (Å²) in [5.74, 6) is 0.765. The molecule has 0 aliphatic rings. The lowest BCUT2D eigenvalue weighted by molar-refractivity contribution is -0.113. The van der Waals surface area contributed by atoms with Crippen LogP contribution in [0.3, 0.4) is 0 Å². The van der Waals surface area contributed by atoms with Crippen molar-refractivity contribution in [3.8, 4) is 11.4 Å².